The molecule has 1 heterocycles. The average Bonchev–Trinajstić information content (AvgIpc) is 2.75. The fourth-order valence-electron chi connectivity index (χ4n) is 3.11. The Morgan fingerprint density at radius 1 is 1.23 bits per heavy atom. The van der Waals surface area contributed by atoms with Gasteiger partial charge in [0.1, 0.15) is 0 Å². The van der Waals surface area contributed by atoms with Gasteiger partial charge in [0.25, 0.3) is 0 Å². The maximum atomic E-state index is 10.4. The third kappa shape index (κ3) is 3.49. The van der Waals surface area contributed by atoms with Gasteiger partial charge in [0.15, 0.2) is 0 Å². The van der Waals surface area contributed by atoms with Crippen LogP contribution >= 0.6 is 0 Å². The van der Waals surface area contributed by atoms with Crippen molar-refractivity contribution in [2.75, 3.05) is 18.4 Å². The van der Waals surface area contributed by atoms with Gasteiger partial charge in [0, 0.05) is 24.8 Å². The highest BCUT2D eigenvalue weighted by atomic mass is 16.3. The molecule has 0 saturated heterocycles. The summed E-state index contributed by atoms with van der Waals surface area (Å²) in [6.45, 7) is 3.63. The molecule has 3 heteroatoms. The van der Waals surface area contributed by atoms with Crippen molar-refractivity contribution in [2.24, 2.45) is 0 Å². The molecule has 0 bridgehead atoms. The van der Waals surface area contributed by atoms with Gasteiger partial charge in [-0.15, -0.1) is 0 Å². The highest BCUT2D eigenvalue weighted by molar-refractivity contribution is 5.53. The monoisotopic (exact) mass is 296 g/mol. The van der Waals surface area contributed by atoms with Crippen molar-refractivity contribution in [3.05, 3.63) is 65.2 Å². The molecule has 2 atom stereocenters. The van der Waals surface area contributed by atoms with Gasteiger partial charge < -0.3 is 15.7 Å². The Kier molecular flexibility index (Phi) is 4.76. The highest BCUT2D eigenvalue weighted by Crippen LogP contribution is 2.29. The lowest BCUT2D eigenvalue weighted by atomic mass is 10.0. The third-order valence-electron chi connectivity index (χ3n) is 4.31. The van der Waals surface area contributed by atoms with Crippen molar-refractivity contribution < 1.29 is 5.11 Å². The van der Waals surface area contributed by atoms with E-state index in [1.165, 1.54) is 16.8 Å². The van der Waals surface area contributed by atoms with Crippen LogP contribution in [0.1, 0.15) is 41.7 Å². The van der Waals surface area contributed by atoms with Gasteiger partial charge in [-0.05, 0) is 37.0 Å². The van der Waals surface area contributed by atoms with Crippen LogP contribution in [0.3, 0.4) is 0 Å². The second kappa shape index (κ2) is 6.95. The van der Waals surface area contributed by atoms with Crippen LogP contribution in [0.25, 0.3) is 0 Å². The molecule has 0 unspecified atom stereocenters. The molecule has 2 aromatic carbocycles. The first kappa shape index (κ1) is 15.1. The molecule has 22 heavy (non-hydrogen) atoms. The number of fused-ring (bicyclic) bond motifs is 1. The summed E-state index contributed by atoms with van der Waals surface area (Å²) in [5.74, 6) is 0. The van der Waals surface area contributed by atoms with Crippen LogP contribution in [-0.4, -0.2) is 18.2 Å². The van der Waals surface area contributed by atoms with E-state index in [0.717, 1.165) is 24.9 Å². The molecule has 0 radical (unpaired) electrons. The van der Waals surface area contributed by atoms with E-state index in [9.17, 15) is 5.11 Å². The molecule has 116 valence electrons. The zero-order valence-corrected chi connectivity index (χ0v) is 13.0. The number of hydrogen-bond acceptors (Lipinski definition) is 3. The Labute approximate surface area is 132 Å². The van der Waals surface area contributed by atoms with E-state index >= 15 is 0 Å². The average molecular weight is 296 g/mol. The van der Waals surface area contributed by atoms with Crippen LogP contribution in [0.4, 0.5) is 5.69 Å². The van der Waals surface area contributed by atoms with E-state index in [0.29, 0.717) is 12.6 Å². The first-order valence-corrected chi connectivity index (χ1v) is 8.05. The molecule has 3 nitrogen and oxygen atoms in total. The smallest absolute Gasteiger partial charge is 0.0914 e. The molecule has 1 aliphatic rings. The predicted octanol–water partition coefficient (Wildman–Crippen LogP) is 3.57. The maximum Gasteiger partial charge on any atom is 0.0914 e. The molecule has 0 aromatic heterocycles. The maximum absolute atomic E-state index is 10.4. The van der Waals surface area contributed by atoms with Crippen molar-refractivity contribution >= 4 is 5.69 Å². The second-order valence-corrected chi connectivity index (χ2v) is 6.05. The fraction of sp³-hybridized carbons (Fsp3) is 0.368. The normalized spacial score (nSPS) is 18.9. The topological polar surface area (TPSA) is 44.3 Å². The van der Waals surface area contributed by atoms with Crippen molar-refractivity contribution in [1.82, 2.24) is 5.32 Å². The van der Waals surface area contributed by atoms with Gasteiger partial charge in [-0.25, -0.2) is 0 Å². The number of aryl methyl sites for hydroxylation is 1. The molecule has 1 aliphatic heterocycles. The summed E-state index contributed by atoms with van der Waals surface area (Å²) in [6.07, 6.45) is 1.75. The van der Waals surface area contributed by atoms with Crippen molar-refractivity contribution in [3.8, 4) is 0 Å². The SMILES string of the molecule is Cc1cccc([C@H](O)CN[C@@H]2CCCNc3ccccc32)c1. The Morgan fingerprint density at radius 3 is 2.95 bits per heavy atom. The van der Waals surface area contributed by atoms with Gasteiger partial charge in [-0.3, -0.25) is 0 Å². The standard InChI is InChI=1S/C19H24N2O/c1-14-6-4-7-15(12-14)19(22)13-21-18-10-5-11-20-17-9-3-2-8-16(17)18/h2-4,6-9,12,18-22H,5,10-11,13H2,1H3/t18-,19-/m1/s1. The summed E-state index contributed by atoms with van der Waals surface area (Å²) in [7, 11) is 0. The van der Waals surface area contributed by atoms with Crippen LogP contribution in [0, 0.1) is 6.92 Å². The van der Waals surface area contributed by atoms with E-state index in [1.807, 2.05) is 12.1 Å². The Balaban J connectivity index is 1.68. The molecule has 2 aromatic rings. The molecule has 0 fully saturated rings. The zero-order valence-electron chi connectivity index (χ0n) is 13.0. The number of benzene rings is 2. The molecule has 0 spiro atoms. The Bertz CT molecular complexity index is 626. The summed E-state index contributed by atoms with van der Waals surface area (Å²) in [5, 5.41) is 17.4. The number of nitrogens with one attached hydrogen (secondary N) is 2. The zero-order chi connectivity index (χ0) is 15.4. The number of rotatable bonds is 4. The number of anilines is 1. The quantitative estimate of drug-likeness (QED) is 0.808. The van der Waals surface area contributed by atoms with E-state index in [-0.39, 0.29) is 0 Å². The fourth-order valence-corrected chi connectivity index (χ4v) is 3.11. The third-order valence-corrected chi connectivity index (χ3v) is 4.31. The van der Waals surface area contributed by atoms with E-state index in [1.54, 1.807) is 0 Å². The summed E-state index contributed by atoms with van der Waals surface area (Å²) < 4.78 is 0. The number of hydrogen-bond donors (Lipinski definition) is 3. The Hall–Kier alpha value is -1.84. The van der Waals surface area contributed by atoms with Crippen LogP contribution in [-0.2, 0) is 0 Å². The van der Waals surface area contributed by atoms with Gasteiger partial charge in [-0.1, -0.05) is 48.0 Å². The minimum atomic E-state index is -0.469. The van der Waals surface area contributed by atoms with Gasteiger partial charge in [0.05, 0.1) is 6.10 Å². The van der Waals surface area contributed by atoms with Crippen molar-refractivity contribution in [1.29, 1.82) is 0 Å². The Morgan fingerprint density at radius 2 is 2.09 bits per heavy atom. The van der Waals surface area contributed by atoms with Gasteiger partial charge in [0.2, 0.25) is 0 Å². The van der Waals surface area contributed by atoms with E-state index in [4.69, 9.17) is 0 Å². The number of para-hydroxylation sites is 1. The van der Waals surface area contributed by atoms with Crippen LogP contribution in [0.15, 0.2) is 48.5 Å². The van der Waals surface area contributed by atoms with Gasteiger partial charge in [-0.2, -0.15) is 0 Å². The van der Waals surface area contributed by atoms with Crippen molar-refractivity contribution in [2.45, 2.75) is 31.9 Å². The first-order valence-electron chi connectivity index (χ1n) is 8.05. The molecule has 0 amide bonds. The molecule has 0 aliphatic carbocycles. The molecule has 3 rings (SSSR count). The second-order valence-electron chi connectivity index (χ2n) is 6.05. The lowest BCUT2D eigenvalue weighted by molar-refractivity contribution is 0.169. The molecular formula is C19H24N2O. The molecule has 3 N–H and O–H groups in total. The number of aliphatic hydroxyl groups excluding tert-OH is 1. The predicted molar refractivity (Wildman–Crippen MR) is 91.0 cm³/mol. The lowest BCUT2D eigenvalue weighted by Gasteiger charge is -2.21. The van der Waals surface area contributed by atoms with Crippen LogP contribution in [0.5, 0.6) is 0 Å². The summed E-state index contributed by atoms with van der Waals surface area (Å²) in [6, 6.07) is 16.8. The van der Waals surface area contributed by atoms with Crippen molar-refractivity contribution in [3.63, 3.8) is 0 Å². The first-order chi connectivity index (χ1) is 10.7. The minimum Gasteiger partial charge on any atom is -0.387 e. The van der Waals surface area contributed by atoms with Crippen LogP contribution < -0.4 is 10.6 Å². The minimum absolute atomic E-state index is 0.297. The van der Waals surface area contributed by atoms with Gasteiger partial charge >= 0.3 is 0 Å². The van der Waals surface area contributed by atoms with E-state index in [2.05, 4.69) is 54.0 Å². The lowest BCUT2D eigenvalue weighted by Crippen LogP contribution is -2.26. The molecule has 0 saturated carbocycles. The largest absolute Gasteiger partial charge is 0.387 e. The van der Waals surface area contributed by atoms with E-state index < -0.39 is 6.10 Å². The highest BCUT2D eigenvalue weighted by Gasteiger charge is 2.19. The number of aliphatic hydroxyl groups is 1. The van der Waals surface area contributed by atoms with Crippen LogP contribution in [0.2, 0.25) is 0 Å². The molecular weight excluding hydrogens is 272 g/mol. The summed E-state index contributed by atoms with van der Waals surface area (Å²) in [4.78, 5) is 0. The summed E-state index contributed by atoms with van der Waals surface area (Å²) >= 11 is 0. The summed E-state index contributed by atoms with van der Waals surface area (Å²) in [5.41, 5.74) is 4.67.